The fraction of sp³-hybridized carbons (Fsp3) is 0.321. The summed E-state index contributed by atoms with van der Waals surface area (Å²) in [5.74, 6) is 0.352. The molecule has 6 heteroatoms. The number of aromatic carboxylic acids is 1. The molecule has 4 nitrogen and oxygen atoms in total. The lowest BCUT2D eigenvalue weighted by molar-refractivity contribution is 0.0696. The Hall–Kier alpha value is -2.69. The number of hydrogen-bond donors (Lipinski definition) is 1. The first-order chi connectivity index (χ1) is 16.2. The maximum atomic E-state index is 12.1. The molecule has 1 N–H and O–H groups in total. The number of alkyl halides is 2. The van der Waals surface area contributed by atoms with Crippen LogP contribution in [0.1, 0.15) is 49.2 Å². The zero-order valence-electron chi connectivity index (χ0n) is 19.8. The van der Waals surface area contributed by atoms with E-state index in [1.807, 2.05) is 56.3 Å². The van der Waals surface area contributed by atoms with Crippen LogP contribution in [0.4, 0.5) is 5.69 Å². The van der Waals surface area contributed by atoms with E-state index >= 15 is 0 Å². The molecule has 2 aromatic rings. The summed E-state index contributed by atoms with van der Waals surface area (Å²) in [5, 5.41) is 9.38. The van der Waals surface area contributed by atoms with Crippen molar-refractivity contribution in [2.75, 3.05) is 18.0 Å². The number of benzene rings is 2. The number of fused-ring (bicyclic) bond motifs is 2. The second-order valence-electron chi connectivity index (χ2n) is 8.67. The molecule has 4 rings (SSSR count). The number of rotatable bonds is 7. The van der Waals surface area contributed by atoms with Crippen LogP contribution in [0, 0.1) is 5.41 Å². The normalized spacial score (nSPS) is 20.6. The summed E-state index contributed by atoms with van der Waals surface area (Å²) >= 11 is 13.3. The Morgan fingerprint density at radius 1 is 1.06 bits per heavy atom. The van der Waals surface area contributed by atoms with E-state index in [1.165, 1.54) is 0 Å². The van der Waals surface area contributed by atoms with Gasteiger partial charge in [-0.15, -0.1) is 23.2 Å². The van der Waals surface area contributed by atoms with Gasteiger partial charge in [-0.05, 0) is 57.5 Å². The average Bonchev–Trinajstić information content (AvgIpc) is 2.82. The molecule has 0 bridgehead atoms. The molecule has 0 amide bonds. The van der Waals surface area contributed by atoms with Crippen LogP contribution in [-0.4, -0.2) is 34.9 Å². The molecule has 2 atom stereocenters. The van der Waals surface area contributed by atoms with E-state index in [1.54, 1.807) is 12.1 Å². The highest BCUT2D eigenvalue weighted by molar-refractivity contribution is 6.25. The van der Waals surface area contributed by atoms with E-state index in [9.17, 15) is 9.90 Å². The summed E-state index contributed by atoms with van der Waals surface area (Å²) in [6.07, 6.45) is 5.99. The number of allylic oxidation sites excluding steroid dienone is 3. The maximum absolute atomic E-state index is 12.1. The Bertz CT molecular complexity index is 1200. The van der Waals surface area contributed by atoms with E-state index in [2.05, 4.69) is 24.8 Å². The SMILES string of the molecule is CCN(CC)c1ccc2c(c1)OC1=CC(C(C)Cl)(C(C)Cl)C=CC1=C2c1ccccc1C(=O)O. The fourth-order valence-corrected chi connectivity index (χ4v) is 5.51. The van der Waals surface area contributed by atoms with Gasteiger partial charge in [-0.1, -0.05) is 30.4 Å². The summed E-state index contributed by atoms with van der Waals surface area (Å²) in [4.78, 5) is 14.4. The minimum absolute atomic E-state index is 0.242. The van der Waals surface area contributed by atoms with Gasteiger partial charge in [-0.2, -0.15) is 0 Å². The molecular formula is C28H29Cl2NO3. The van der Waals surface area contributed by atoms with Gasteiger partial charge in [0.05, 0.1) is 5.56 Å². The lowest BCUT2D eigenvalue weighted by atomic mass is 9.75. The first-order valence-electron chi connectivity index (χ1n) is 11.6. The number of anilines is 1. The molecule has 1 heterocycles. The Kier molecular flexibility index (Phi) is 6.84. The summed E-state index contributed by atoms with van der Waals surface area (Å²) in [6, 6.07) is 13.2. The molecule has 0 spiro atoms. The third kappa shape index (κ3) is 4.03. The molecular weight excluding hydrogens is 469 g/mol. The van der Waals surface area contributed by atoms with Crippen LogP contribution in [-0.2, 0) is 0 Å². The van der Waals surface area contributed by atoms with Crippen LogP contribution in [0.2, 0.25) is 0 Å². The summed E-state index contributed by atoms with van der Waals surface area (Å²) in [5.41, 5.74) is 3.83. The molecule has 0 aromatic heterocycles. The Balaban J connectivity index is 2.01. The first kappa shape index (κ1) is 24.4. The van der Waals surface area contributed by atoms with E-state index in [0.717, 1.165) is 35.5 Å². The lowest BCUT2D eigenvalue weighted by Crippen LogP contribution is -2.36. The Labute approximate surface area is 211 Å². The van der Waals surface area contributed by atoms with Gasteiger partial charge in [0.1, 0.15) is 11.5 Å². The van der Waals surface area contributed by atoms with Crippen LogP contribution in [0.5, 0.6) is 5.75 Å². The number of hydrogen-bond acceptors (Lipinski definition) is 3. The summed E-state index contributed by atoms with van der Waals surface area (Å²) in [7, 11) is 0. The molecule has 0 saturated carbocycles. The molecule has 0 radical (unpaired) electrons. The molecule has 34 heavy (non-hydrogen) atoms. The Morgan fingerprint density at radius 2 is 1.74 bits per heavy atom. The first-order valence-corrected chi connectivity index (χ1v) is 12.5. The molecule has 1 aliphatic carbocycles. The third-order valence-corrected chi connectivity index (χ3v) is 7.60. The van der Waals surface area contributed by atoms with E-state index < -0.39 is 11.4 Å². The predicted octanol–water partition coefficient (Wildman–Crippen LogP) is 7.12. The molecule has 0 fully saturated rings. The molecule has 1 aliphatic heterocycles. The number of carboxylic acids is 1. The standard InChI is InChI=1S/C28H29Cl2NO3/c1-5-31(6-2)19-11-12-22-24(15-19)34-25-16-28(17(3)29,18(4)30)14-13-23(25)26(22)20-9-7-8-10-21(20)27(32)33/h7-18H,5-6H2,1-4H3,(H,32,33). The minimum Gasteiger partial charge on any atom is -0.478 e. The maximum Gasteiger partial charge on any atom is 0.336 e. The van der Waals surface area contributed by atoms with Crippen molar-refractivity contribution in [2.24, 2.45) is 5.41 Å². The Morgan fingerprint density at radius 3 is 2.35 bits per heavy atom. The van der Waals surface area contributed by atoms with Gasteiger partial charge in [0, 0.05) is 57.7 Å². The van der Waals surface area contributed by atoms with Gasteiger partial charge < -0.3 is 14.7 Å². The number of carboxylic acid groups (broad SMARTS) is 1. The van der Waals surface area contributed by atoms with Crippen molar-refractivity contribution in [3.63, 3.8) is 0 Å². The highest BCUT2D eigenvalue weighted by Crippen LogP contribution is 2.49. The van der Waals surface area contributed by atoms with Gasteiger partial charge in [0.15, 0.2) is 0 Å². The highest BCUT2D eigenvalue weighted by Gasteiger charge is 2.41. The summed E-state index contributed by atoms with van der Waals surface area (Å²) < 4.78 is 6.48. The van der Waals surface area contributed by atoms with Gasteiger partial charge in [-0.25, -0.2) is 4.79 Å². The minimum atomic E-state index is -0.972. The molecule has 178 valence electrons. The van der Waals surface area contributed by atoms with Crippen molar-refractivity contribution in [3.05, 3.63) is 88.7 Å². The van der Waals surface area contributed by atoms with E-state index in [4.69, 9.17) is 27.9 Å². The van der Waals surface area contributed by atoms with Crippen LogP contribution < -0.4 is 9.64 Å². The van der Waals surface area contributed by atoms with Crippen molar-refractivity contribution in [3.8, 4) is 5.75 Å². The molecule has 2 aliphatic rings. The zero-order valence-corrected chi connectivity index (χ0v) is 21.3. The smallest absolute Gasteiger partial charge is 0.336 e. The van der Waals surface area contributed by atoms with Crippen LogP contribution in [0.3, 0.4) is 0 Å². The molecule has 2 unspecified atom stereocenters. The second-order valence-corrected chi connectivity index (χ2v) is 9.98. The van der Waals surface area contributed by atoms with E-state index in [-0.39, 0.29) is 16.3 Å². The zero-order chi connectivity index (χ0) is 24.6. The number of carbonyl (C=O) groups is 1. The van der Waals surface area contributed by atoms with Gasteiger partial charge in [0.25, 0.3) is 0 Å². The van der Waals surface area contributed by atoms with Crippen molar-refractivity contribution < 1.29 is 14.6 Å². The van der Waals surface area contributed by atoms with Gasteiger partial charge >= 0.3 is 5.97 Å². The average molecular weight is 498 g/mol. The second kappa shape index (κ2) is 9.52. The lowest BCUT2D eigenvalue weighted by Gasteiger charge is -2.38. The topological polar surface area (TPSA) is 49.8 Å². The predicted molar refractivity (Wildman–Crippen MR) is 140 cm³/mol. The van der Waals surface area contributed by atoms with Gasteiger partial charge in [0.2, 0.25) is 0 Å². The largest absolute Gasteiger partial charge is 0.478 e. The number of nitrogens with zero attached hydrogens (tertiary/aromatic N) is 1. The van der Waals surface area contributed by atoms with Crippen LogP contribution >= 0.6 is 23.2 Å². The molecule has 2 aromatic carbocycles. The molecule has 0 saturated heterocycles. The third-order valence-electron chi connectivity index (χ3n) is 6.84. The summed E-state index contributed by atoms with van der Waals surface area (Å²) in [6.45, 7) is 9.81. The van der Waals surface area contributed by atoms with Crippen molar-refractivity contribution in [1.82, 2.24) is 0 Å². The fourth-order valence-electron chi connectivity index (χ4n) is 4.79. The van der Waals surface area contributed by atoms with E-state index in [0.29, 0.717) is 17.1 Å². The monoisotopic (exact) mass is 497 g/mol. The van der Waals surface area contributed by atoms with Crippen LogP contribution in [0.25, 0.3) is 5.57 Å². The van der Waals surface area contributed by atoms with Crippen molar-refractivity contribution >= 4 is 40.4 Å². The number of halogens is 2. The van der Waals surface area contributed by atoms with Crippen molar-refractivity contribution in [2.45, 2.75) is 38.4 Å². The quantitative estimate of drug-likeness (QED) is 0.413. The highest BCUT2D eigenvalue weighted by atomic mass is 35.5. The van der Waals surface area contributed by atoms with Crippen LogP contribution in [0.15, 0.2) is 72.0 Å². The van der Waals surface area contributed by atoms with Crippen molar-refractivity contribution in [1.29, 1.82) is 0 Å². The number of ether oxygens (including phenoxy) is 1. The van der Waals surface area contributed by atoms with Gasteiger partial charge in [-0.3, -0.25) is 0 Å².